The van der Waals surface area contributed by atoms with Crippen molar-refractivity contribution in [2.45, 2.75) is 0 Å². The largest absolute Gasteiger partial charge is 0.497 e. The number of methoxy groups -OCH3 is 1. The highest BCUT2D eigenvalue weighted by molar-refractivity contribution is 14.1. The van der Waals surface area contributed by atoms with Gasteiger partial charge in [-0.1, -0.05) is 0 Å². The number of aromatic nitrogens is 2. The van der Waals surface area contributed by atoms with Gasteiger partial charge in [0.1, 0.15) is 11.3 Å². The SMILES string of the molecule is COc1ccc(/C=N/c2[nH]nc(Nc3ccc(I)cc3)c2C(N)=O)cc1. The molecule has 2 aromatic carbocycles. The lowest BCUT2D eigenvalue weighted by molar-refractivity contribution is 0.100. The van der Waals surface area contributed by atoms with Crippen LogP contribution >= 0.6 is 22.6 Å². The first kappa shape index (κ1) is 17.9. The Kier molecular flexibility index (Phi) is 5.52. The minimum absolute atomic E-state index is 0.202. The Morgan fingerprint density at radius 1 is 1.23 bits per heavy atom. The molecule has 3 aromatic rings. The summed E-state index contributed by atoms with van der Waals surface area (Å²) in [4.78, 5) is 16.2. The third kappa shape index (κ3) is 4.20. The Morgan fingerprint density at radius 3 is 2.54 bits per heavy atom. The number of H-pyrrole nitrogens is 1. The molecule has 3 rings (SSSR count). The molecule has 0 spiro atoms. The Hall–Kier alpha value is -2.88. The average molecular weight is 461 g/mol. The molecule has 4 N–H and O–H groups in total. The highest BCUT2D eigenvalue weighted by Crippen LogP contribution is 2.26. The third-order valence-electron chi connectivity index (χ3n) is 3.56. The number of aliphatic imine (C=N–C) groups is 1. The van der Waals surface area contributed by atoms with Crippen molar-refractivity contribution < 1.29 is 9.53 Å². The summed E-state index contributed by atoms with van der Waals surface area (Å²) < 4.78 is 6.23. The second kappa shape index (κ2) is 8.00. The molecule has 0 bridgehead atoms. The van der Waals surface area contributed by atoms with Gasteiger partial charge >= 0.3 is 0 Å². The monoisotopic (exact) mass is 461 g/mol. The van der Waals surface area contributed by atoms with Crippen molar-refractivity contribution in [3.8, 4) is 5.75 Å². The topological polar surface area (TPSA) is 105 Å². The lowest BCUT2D eigenvalue weighted by Gasteiger charge is -2.04. The summed E-state index contributed by atoms with van der Waals surface area (Å²) in [6.45, 7) is 0. The van der Waals surface area contributed by atoms with Gasteiger partial charge in [0.15, 0.2) is 11.6 Å². The molecule has 132 valence electrons. The van der Waals surface area contributed by atoms with E-state index in [1.807, 2.05) is 48.5 Å². The van der Waals surface area contributed by atoms with Crippen LogP contribution in [0.1, 0.15) is 15.9 Å². The number of aromatic amines is 1. The fraction of sp³-hybridized carbons (Fsp3) is 0.0556. The fourth-order valence-corrected chi connectivity index (χ4v) is 2.61. The maximum atomic E-state index is 11.9. The normalized spacial score (nSPS) is 10.8. The second-order valence-corrected chi connectivity index (χ2v) is 6.57. The van der Waals surface area contributed by atoms with E-state index in [0.29, 0.717) is 11.6 Å². The van der Waals surface area contributed by atoms with Gasteiger partial charge in [-0.3, -0.25) is 9.89 Å². The van der Waals surface area contributed by atoms with Gasteiger partial charge in [-0.25, -0.2) is 4.99 Å². The van der Waals surface area contributed by atoms with E-state index in [1.165, 1.54) is 0 Å². The first-order chi connectivity index (χ1) is 12.6. The molecule has 26 heavy (non-hydrogen) atoms. The summed E-state index contributed by atoms with van der Waals surface area (Å²) in [5.41, 5.74) is 7.36. The maximum Gasteiger partial charge on any atom is 0.256 e. The number of carbonyl (C=O) groups excluding carboxylic acids is 1. The van der Waals surface area contributed by atoms with Crippen molar-refractivity contribution in [1.29, 1.82) is 0 Å². The summed E-state index contributed by atoms with van der Waals surface area (Å²) in [7, 11) is 1.61. The van der Waals surface area contributed by atoms with Gasteiger partial charge < -0.3 is 15.8 Å². The van der Waals surface area contributed by atoms with Crippen LogP contribution in [-0.4, -0.2) is 29.4 Å². The van der Waals surface area contributed by atoms with Crippen LogP contribution in [0.15, 0.2) is 53.5 Å². The van der Waals surface area contributed by atoms with E-state index in [1.54, 1.807) is 13.3 Å². The van der Waals surface area contributed by atoms with Gasteiger partial charge in [0.25, 0.3) is 5.91 Å². The predicted molar refractivity (Wildman–Crippen MR) is 110 cm³/mol. The first-order valence-electron chi connectivity index (χ1n) is 7.65. The zero-order valence-electron chi connectivity index (χ0n) is 13.9. The molecule has 0 saturated carbocycles. The predicted octanol–water partition coefficient (Wildman–Crippen LogP) is 3.62. The number of ether oxygens (including phenoxy) is 1. The molecule has 0 aliphatic carbocycles. The molecule has 0 atom stereocenters. The third-order valence-corrected chi connectivity index (χ3v) is 4.28. The van der Waals surface area contributed by atoms with Crippen LogP contribution in [0.4, 0.5) is 17.3 Å². The molecule has 1 aromatic heterocycles. The number of anilines is 2. The number of hydrogen-bond acceptors (Lipinski definition) is 5. The molecule has 0 radical (unpaired) electrons. The van der Waals surface area contributed by atoms with Gasteiger partial charge in [-0.15, -0.1) is 0 Å². The number of primary amides is 1. The lowest BCUT2D eigenvalue weighted by Crippen LogP contribution is -2.12. The van der Waals surface area contributed by atoms with Crippen molar-refractivity contribution in [3.05, 3.63) is 63.2 Å². The Labute approximate surface area is 163 Å². The van der Waals surface area contributed by atoms with E-state index in [0.717, 1.165) is 20.6 Å². The van der Waals surface area contributed by atoms with Crippen molar-refractivity contribution in [2.24, 2.45) is 10.7 Å². The molecule has 8 heteroatoms. The molecular formula is C18H16IN5O2. The van der Waals surface area contributed by atoms with Gasteiger partial charge in [-0.05, 0) is 76.7 Å². The number of nitrogens with two attached hydrogens (primary N) is 1. The quantitative estimate of drug-likeness (QED) is 0.385. The van der Waals surface area contributed by atoms with Crippen molar-refractivity contribution in [1.82, 2.24) is 10.2 Å². The minimum Gasteiger partial charge on any atom is -0.497 e. The van der Waals surface area contributed by atoms with Gasteiger partial charge in [-0.2, -0.15) is 5.10 Å². The number of nitrogens with one attached hydrogen (secondary N) is 2. The van der Waals surface area contributed by atoms with Crippen LogP contribution in [0.5, 0.6) is 5.75 Å². The Bertz CT molecular complexity index is 933. The number of nitrogens with zero attached hydrogens (tertiary/aromatic N) is 2. The highest BCUT2D eigenvalue weighted by Gasteiger charge is 2.18. The molecular weight excluding hydrogens is 445 g/mol. The minimum atomic E-state index is -0.617. The number of rotatable bonds is 6. The van der Waals surface area contributed by atoms with E-state index in [2.05, 4.69) is 43.1 Å². The van der Waals surface area contributed by atoms with Gasteiger partial charge in [0, 0.05) is 15.5 Å². The van der Waals surface area contributed by atoms with Crippen LogP contribution in [0.3, 0.4) is 0 Å². The van der Waals surface area contributed by atoms with E-state index in [4.69, 9.17) is 10.5 Å². The van der Waals surface area contributed by atoms with E-state index in [-0.39, 0.29) is 5.56 Å². The summed E-state index contributed by atoms with van der Waals surface area (Å²) >= 11 is 2.22. The van der Waals surface area contributed by atoms with Crippen LogP contribution in [0.25, 0.3) is 0 Å². The van der Waals surface area contributed by atoms with E-state index >= 15 is 0 Å². The number of hydrogen-bond donors (Lipinski definition) is 3. The molecule has 0 aliphatic heterocycles. The van der Waals surface area contributed by atoms with Crippen molar-refractivity contribution >= 4 is 52.0 Å². The van der Waals surface area contributed by atoms with Crippen LogP contribution in [-0.2, 0) is 0 Å². The van der Waals surface area contributed by atoms with E-state index < -0.39 is 5.91 Å². The van der Waals surface area contributed by atoms with Crippen molar-refractivity contribution in [3.63, 3.8) is 0 Å². The van der Waals surface area contributed by atoms with Crippen molar-refractivity contribution in [2.75, 3.05) is 12.4 Å². The zero-order valence-corrected chi connectivity index (χ0v) is 16.0. The molecule has 1 heterocycles. The molecule has 0 unspecified atom stereocenters. The average Bonchev–Trinajstić information content (AvgIpc) is 3.05. The lowest BCUT2D eigenvalue weighted by atomic mass is 10.2. The van der Waals surface area contributed by atoms with E-state index in [9.17, 15) is 4.79 Å². The molecule has 1 amide bonds. The van der Waals surface area contributed by atoms with Crippen LogP contribution in [0, 0.1) is 3.57 Å². The Morgan fingerprint density at radius 2 is 1.92 bits per heavy atom. The smallest absolute Gasteiger partial charge is 0.256 e. The van der Waals surface area contributed by atoms with Crippen LogP contribution in [0.2, 0.25) is 0 Å². The first-order valence-corrected chi connectivity index (χ1v) is 8.73. The summed E-state index contributed by atoms with van der Waals surface area (Å²) in [6, 6.07) is 15.0. The molecule has 0 aliphatic rings. The Balaban J connectivity index is 1.85. The number of benzene rings is 2. The van der Waals surface area contributed by atoms with Crippen LogP contribution < -0.4 is 15.8 Å². The molecule has 0 fully saturated rings. The standard InChI is InChI=1S/C18H16IN5O2/c1-26-14-8-2-11(3-9-14)10-21-17-15(16(20)25)18(24-23-17)22-13-6-4-12(19)5-7-13/h2-10H,1H3,(H2,20,25)(H2,22,23,24)/b21-10+. The maximum absolute atomic E-state index is 11.9. The molecule has 0 saturated heterocycles. The fourth-order valence-electron chi connectivity index (χ4n) is 2.25. The number of amides is 1. The number of halogens is 1. The van der Waals surface area contributed by atoms with Gasteiger partial charge in [0.2, 0.25) is 0 Å². The zero-order chi connectivity index (χ0) is 18.5. The highest BCUT2D eigenvalue weighted by atomic mass is 127. The summed E-state index contributed by atoms with van der Waals surface area (Å²) in [5, 5.41) is 9.94. The number of carbonyl (C=O) groups is 1. The molecule has 7 nitrogen and oxygen atoms in total. The second-order valence-electron chi connectivity index (χ2n) is 5.32. The summed E-state index contributed by atoms with van der Waals surface area (Å²) in [5.74, 6) is 0.765. The van der Waals surface area contributed by atoms with Gasteiger partial charge in [0.05, 0.1) is 7.11 Å². The summed E-state index contributed by atoms with van der Waals surface area (Å²) in [6.07, 6.45) is 1.62.